The number of carbonyl (C=O) groups excluding carboxylic acids is 1. The van der Waals surface area contributed by atoms with Crippen molar-refractivity contribution >= 4 is 5.78 Å². The van der Waals surface area contributed by atoms with Gasteiger partial charge in [0.2, 0.25) is 0 Å². The lowest BCUT2D eigenvalue weighted by Crippen LogP contribution is -2.19. The number of ketones is 1. The molecule has 1 atom stereocenters. The first-order valence-electron chi connectivity index (χ1n) is 5.60. The Hall–Kier alpha value is -1.55. The van der Waals surface area contributed by atoms with Crippen LogP contribution < -0.4 is 9.47 Å². The van der Waals surface area contributed by atoms with Gasteiger partial charge >= 0.3 is 0 Å². The van der Waals surface area contributed by atoms with E-state index in [1.165, 1.54) is 0 Å². The van der Waals surface area contributed by atoms with Crippen LogP contribution in [-0.4, -0.2) is 26.6 Å². The predicted octanol–water partition coefficient (Wildman–Crippen LogP) is 2.12. The second kappa shape index (κ2) is 5.19. The SMILES string of the molecule is COc1ccc(C2CC(=O)CCO2)cc1OC. The van der Waals surface area contributed by atoms with E-state index in [9.17, 15) is 4.79 Å². The van der Waals surface area contributed by atoms with Gasteiger partial charge in [-0.15, -0.1) is 0 Å². The van der Waals surface area contributed by atoms with Crippen molar-refractivity contribution in [3.8, 4) is 11.5 Å². The molecule has 0 spiro atoms. The fourth-order valence-electron chi connectivity index (χ4n) is 1.95. The molecule has 1 aromatic carbocycles. The largest absolute Gasteiger partial charge is 0.493 e. The number of Topliss-reactive ketones (excluding diaryl/α,β-unsaturated/α-hetero) is 1. The van der Waals surface area contributed by atoms with Crippen LogP contribution in [0.25, 0.3) is 0 Å². The molecule has 1 aliphatic heterocycles. The Morgan fingerprint density at radius 3 is 2.65 bits per heavy atom. The molecule has 1 heterocycles. The van der Waals surface area contributed by atoms with E-state index >= 15 is 0 Å². The average molecular weight is 236 g/mol. The van der Waals surface area contributed by atoms with Crippen molar-refractivity contribution in [2.75, 3.05) is 20.8 Å². The summed E-state index contributed by atoms with van der Waals surface area (Å²) in [5.74, 6) is 1.58. The second-order valence-corrected chi connectivity index (χ2v) is 3.97. The fourth-order valence-corrected chi connectivity index (χ4v) is 1.95. The molecule has 1 unspecified atom stereocenters. The Bertz CT molecular complexity index is 414. The number of methoxy groups -OCH3 is 2. The van der Waals surface area contributed by atoms with E-state index in [0.29, 0.717) is 30.9 Å². The van der Waals surface area contributed by atoms with Crippen LogP contribution >= 0.6 is 0 Å². The molecular weight excluding hydrogens is 220 g/mol. The number of carbonyl (C=O) groups is 1. The topological polar surface area (TPSA) is 44.8 Å². The average Bonchev–Trinajstić information content (AvgIpc) is 2.38. The molecule has 1 aromatic rings. The lowest BCUT2D eigenvalue weighted by Gasteiger charge is -2.22. The number of hydrogen-bond donors (Lipinski definition) is 0. The Kier molecular flexibility index (Phi) is 3.64. The maximum absolute atomic E-state index is 11.4. The first-order chi connectivity index (χ1) is 8.24. The quantitative estimate of drug-likeness (QED) is 0.806. The Balaban J connectivity index is 2.23. The van der Waals surface area contributed by atoms with E-state index in [0.717, 1.165) is 5.56 Å². The molecule has 4 heteroatoms. The lowest BCUT2D eigenvalue weighted by atomic mass is 10.00. The third-order valence-electron chi connectivity index (χ3n) is 2.89. The molecule has 0 aromatic heterocycles. The summed E-state index contributed by atoms with van der Waals surface area (Å²) in [6.07, 6.45) is 0.801. The second-order valence-electron chi connectivity index (χ2n) is 3.97. The number of benzene rings is 1. The summed E-state index contributed by atoms with van der Waals surface area (Å²) in [6.45, 7) is 0.498. The zero-order valence-electron chi connectivity index (χ0n) is 10.1. The van der Waals surface area contributed by atoms with E-state index in [1.807, 2.05) is 18.2 Å². The van der Waals surface area contributed by atoms with Gasteiger partial charge in [-0.2, -0.15) is 0 Å². The van der Waals surface area contributed by atoms with E-state index in [4.69, 9.17) is 14.2 Å². The first-order valence-corrected chi connectivity index (χ1v) is 5.60. The van der Waals surface area contributed by atoms with Gasteiger partial charge in [-0.25, -0.2) is 0 Å². The molecule has 0 amide bonds. The normalized spacial score (nSPS) is 20.1. The van der Waals surface area contributed by atoms with Crippen LogP contribution in [0.2, 0.25) is 0 Å². The van der Waals surface area contributed by atoms with Crippen molar-refractivity contribution < 1.29 is 19.0 Å². The molecule has 17 heavy (non-hydrogen) atoms. The van der Waals surface area contributed by atoms with Crippen LogP contribution in [0, 0.1) is 0 Å². The summed E-state index contributed by atoms with van der Waals surface area (Å²) in [6, 6.07) is 5.60. The Morgan fingerprint density at radius 2 is 2.00 bits per heavy atom. The van der Waals surface area contributed by atoms with Crippen molar-refractivity contribution in [1.29, 1.82) is 0 Å². The lowest BCUT2D eigenvalue weighted by molar-refractivity contribution is -0.128. The Morgan fingerprint density at radius 1 is 1.24 bits per heavy atom. The van der Waals surface area contributed by atoms with Gasteiger partial charge in [0.25, 0.3) is 0 Å². The molecule has 1 fully saturated rings. The van der Waals surface area contributed by atoms with Gasteiger partial charge in [-0.05, 0) is 17.7 Å². The molecule has 92 valence electrons. The molecule has 0 N–H and O–H groups in total. The summed E-state index contributed by atoms with van der Waals surface area (Å²) in [7, 11) is 3.19. The summed E-state index contributed by atoms with van der Waals surface area (Å²) in [4.78, 5) is 11.4. The van der Waals surface area contributed by atoms with E-state index in [1.54, 1.807) is 14.2 Å². The van der Waals surface area contributed by atoms with Gasteiger partial charge in [0.05, 0.1) is 26.9 Å². The van der Waals surface area contributed by atoms with Crippen LogP contribution in [-0.2, 0) is 9.53 Å². The van der Waals surface area contributed by atoms with Gasteiger partial charge < -0.3 is 14.2 Å². The van der Waals surface area contributed by atoms with Crippen molar-refractivity contribution in [3.63, 3.8) is 0 Å². The van der Waals surface area contributed by atoms with Crippen LogP contribution in [0.4, 0.5) is 0 Å². The zero-order valence-corrected chi connectivity index (χ0v) is 10.1. The standard InChI is InChI=1S/C13H16O4/c1-15-11-4-3-9(7-13(11)16-2)12-8-10(14)5-6-17-12/h3-4,7,12H,5-6,8H2,1-2H3. The van der Waals surface area contributed by atoms with E-state index < -0.39 is 0 Å². The third-order valence-corrected chi connectivity index (χ3v) is 2.89. The third kappa shape index (κ3) is 2.58. The van der Waals surface area contributed by atoms with Gasteiger partial charge in [-0.3, -0.25) is 4.79 Å². The summed E-state index contributed by atoms with van der Waals surface area (Å²) >= 11 is 0. The predicted molar refractivity (Wildman–Crippen MR) is 62.5 cm³/mol. The fraction of sp³-hybridized carbons (Fsp3) is 0.462. The van der Waals surface area contributed by atoms with Gasteiger partial charge in [0.15, 0.2) is 11.5 Å². The highest BCUT2D eigenvalue weighted by atomic mass is 16.5. The molecular formula is C13H16O4. The minimum absolute atomic E-state index is 0.156. The minimum Gasteiger partial charge on any atom is -0.493 e. The number of ether oxygens (including phenoxy) is 3. The number of hydrogen-bond acceptors (Lipinski definition) is 4. The molecule has 2 rings (SSSR count). The highest BCUT2D eigenvalue weighted by Crippen LogP contribution is 2.33. The molecule has 0 aliphatic carbocycles. The zero-order chi connectivity index (χ0) is 12.3. The van der Waals surface area contributed by atoms with Crippen LogP contribution in [0.15, 0.2) is 18.2 Å². The van der Waals surface area contributed by atoms with Crippen molar-refractivity contribution in [1.82, 2.24) is 0 Å². The van der Waals surface area contributed by atoms with Gasteiger partial charge in [0.1, 0.15) is 5.78 Å². The minimum atomic E-state index is -0.156. The molecule has 1 aliphatic rings. The highest BCUT2D eigenvalue weighted by Gasteiger charge is 2.22. The Labute approximate surface area is 100 Å². The maximum atomic E-state index is 11.4. The maximum Gasteiger partial charge on any atom is 0.161 e. The summed E-state index contributed by atoms with van der Waals surface area (Å²) in [5, 5.41) is 0. The van der Waals surface area contributed by atoms with Crippen LogP contribution in [0.1, 0.15) is 24.5 Å². The summed E-state index contributed by atoms with van der Waals surface area (Å²) in [5.41, 5.74) is 0.954. The highest BCUT2D eigenvalue weighted by molar-refractivity contribution is 5.79. The molecule has 0 bridgehead atoms. The molecule has 4 nitrogen and oxygen atoms in total. The molecule has 1 saturated heterocycles. The van der Waals surface area contributed by atoms with E-state index in [-0.39, 0.29) is 11.9 Å². The number of rotatable bonds is 3. The monoisotopic (exact) mass is 236 g/mol. The van der Waals surface area contributed by atoms with Crippen molar-refractivity contribution in [2.45, 2.75) is 18.9 Å². The first kappa shape index (κ1) is 11.9. The summed E-state index contributed by atoms with van der Waals surface area (Å²) < 4.78 is 16.0. The van der Waals surface area contributed by atoms with Gasteiger partial charge in [-0.1, -0.05) is 6.07 Å². The van der Waals surface area contributed by atoms with Gasteiger partial charge in [0, 0.05) is 12.8 Å². The van der Waals surface area contributed by atoms with Crippen LogP contribution in [0.3, 0.4) is 0 Å². The van der Waals surface area contributed by atoms with Crippen LogP contribution in [0.5, 0.6) is 11.5 Å². The van der Waals surface area contributed by atoms with Crippen molar-refractivity contribution in [3.05, 3.63) is 23.8 Å². The smallest absolute Gasteiger partial charge is 0.161 e. The van der Waals surface area contributed by atoms with E-state index in [2.05, 4.69) is 0 Å². The molecule has 0 saturated carbocycles. The molecule has 0 radical (unpaired) electrons. The van der Waals surface area contributed by atoms with Crippen molar-refractivity contribution in [2.24, 2.45) is 0 Å².